The number of carbonyl (C=O) groups is 1. The molecular weight excluding hydrogens is 344 g/mol. The summed E-state index contributed by atoms with van der Waals surface area (Å²) in [6, 6.07) is 3.99. The fourth-order valence-corrected chi connectivity index (χ4v) is 3.69. The van der Waals surface area contributed by atoms with Gasteiger partial charge in [0.05, 0.1) is 32.5 Å². The third-order valence-corrected chi connectivity index (χ3v) is 5.06. The quantitative estimate of drug-likeness (QED) is 0.840. The van der Waals surface area contributed by atoms with E-state index in [1.54, 1.807) is 18.9 Å². The molecule has 0 unspecified atom stereocenters. The Hall–Kier alpha value is -2.54. The van der Waals surface area contributed by atoms with Crippen LogP contribution in [-0.2, 0) is 24.8 Å². The summed E-state index contributed by atoms with van der Waals surface area (Å²) in [5.41, 5.74) is 4.43. The Labute approximate surface area is 160 Å². The number of carbonyl (C=O) groups excluding carboxylic acids is 1. The number of amides is 1. The molecule has 2 heterocycles. The molecule has 27 heavy (non-hydrogen) atoms. The number of fused-ring (bicyclic) bond motifs is 1. The van der Waals surface area contributed by atoms with Gasteiger partial charge in [0.2, 0.25) is 5.91 Å². The number of benzene rings is 1. The Balaban J connectivity index is 1.62. The third kappa shape index (κ3) is 4.24. The van der Waals surface area contributed by atoms with Crippen LogP contribution in [0.25, 0.3) is 0 Å². The highest BCUT2D eigenvalue weighted by molar-refractivity contribution is 5.78. The van der Waals surface area contributed by atoms with Gasteiger partial charge < -0.3 is 14.8 Å². The van der Waals surface area contributed by atoms with Gasteiger partial charge in [-0.15, -0.1) is 0 Å². The number of aryl methyl sites for hydroxylation is 2. The molecule has 1 aliphatic heterocycles. The average Bonchev–Trinajstić information content (AvgIpc) is 2.98. The van der Waals surface area contributed by atoms with Crippen LogP contribution in [-0.4, -0.2) is 47.9 Å². The Kier molecular flexibility index (Phi) is 5.70. The maximum Gasteiger partial charge on any atom is 0.234 e. The summed E-state index contributed by atoms with van der Waals surface area (Å²) in [5.74, 6) is 1.50. The van der Waals surface area contributed by atoms with Crippen LogP contribution in [0.5, 0.6) is 11.5 Å². The smallest absolute Gasteiger partial charge is 0.234 e. The van der Waals surface area contributed by atoms with Gasteiger partial charge in [0.1, 0.15) is 0 Å². The molecule has 0 radical (unpaired) electrons. The molecule has 0 spiro atoms. The van der Waals surface area contributed by atoms with Crippen molar-refractivity contribution in [3.63, 3.8) is 0 Å². The van der Waals surface area contributed by atoms with Gasteiger partial charge in [0, 0.05) is 31.9 Å². The SMILES string of the molecule is COc1cc2c(cc1OC)CN(CC(=O)N[C@@H](C)c1cn(C)nc1C)CC2. The lowest BCUT2D eigenvalue weighted by molar-refractivity contribution is -0.123. The van der Waals surface area contributed by atoms with Crippen LogP contribution >= 0.6 is 0 Å². The molecule has 1 atom stereocenters. The van der Waals surface area contributed by atoms with E-state index in [0.29, 0.717) is 6.54 Å². The molecule has 7 nitrogen and oxygen atoms in total. The largest absolute Gasteiger partial charge is 0.493 e. The van der Waals surface area contributed by atoms with E-state index in [2.05, 4.69) is 15.3 Å². The summed E-state index contributed by atoms with van der Waals surface area (Å²) in [6.45, 7) is 5.89. The normalized spacial score (nSPS) is 15.1. The van der Waals surface area contributed by atoms with Crippen LogP contribution in [0.4, 0.5) is 0 Å². The molecule has 0 aliphatic carbocycles. The van der Waals surface area contributed by atoms with Crippen molar-refractivity contribution in [3.05, 3.63) is 40.7 Å². The molecule has 0 saturated carbocycles. The summed E-state index contributed by atoms with van der Waals surface area (Å²) in [5, 5.41) is 7.43. The van der Waals surface area contributed by atoms with Crippen molar-refractivity contribution < 1.29 is 14.3 Å². The van der Waals surface area contributed by atoms with Gasteiger partial charge in [-0.05, 0) is 43.5 Å². The second-order valence-electron chi connectivity index (χ2n) is 7.07. The highest BCUT2D eigenvalue weighted by Crippen LogP contribution is 2.33. The van der Waals surface area contributed by atoms with Crippen molar-refractivity contribution in [1.82, 2.24) is 20.0 Å². The molecule has 7 heteroatoms. The van der Waals surface area contributed by atoms with Crippen molar-refractivity contribution in [1.29, 1.82) is 0 Å². The first kappa shape index (κ1) is 19.2. The Morgan fingerprint density at radius 3 is 2.52 bits per heavy atom. The highest BCUT2D eigenvalue weighted by Gasteiger charge is 2.22. The number of ether oxygens (including phenoxy) is 2. The van der Waals surface area contributed by atoms with Gasteiger partial charge in [0.15, 0.2) is 11.5 Å². The molecule has 0 saturated heterocycles. The highest BCUT2D eigenvalue weighted by atomic mass is 16.5. The lowest BCUT2D eigenvalue weighted by Crippen LogP contribution is -2.40. The van der Waals surface area contributed by atoms with Crippen LogP contribution in [0.3, 0.4) is 0 Å². The number of nitrogens with zero attached hydrogens (tertiary/aromatic N) is 3. The number of hydrogen-bond acceptors (Lipinski definition) is 5. The number of methoxy groups -OCH3 is 2. The number of rotatable bonds is 6. The molecule has 1 aromatic heterocycles. The minimum Gasteiger partial charge on any atom is -0.493 e. The van der Waals surface area contributed by atoms with Gasteiger partial charge in [-0.25, -0.2) is 0 Å². The van der Waals surface area contributed by atoms with E-state index < -0.39 is 0 Å². The zero-order valence-electron chi connectivity index (χ0n) is 16.7. The predicted molar refractivity (Wildman–Crippen MR) is 103 cm³/mol. The maximum atomic E-state index is 12.5. The van der Waals surface area contributed by atoms with E-state index >= 15 is 0 Å². The number of hydrogen-bond donors (Lipinski definition) is 1. The van der Waals surface area contributed by atoms with E-state index in [0.717, 1.165) is 42.3 Å². The second kappa shape index (κ2) is 8.00. The molecule has 0 bridgehead atoms. The third-order valence-electron chi connectivity index (χ3n) is 5.06. The Morgan fingerprint density at radius 1 is 1.26 bits per heavy atom. The first-order valence-corrected chi connectivity index (χ1v) is 9.17. The molecule has 1 aliphatic rings. The monoisotopic (exact) mass is 372 g/mol. The van der Waals surface area contributed by atoms with Gasteiger partial charge in [-0.2, -0.15) is 5.10 Å². The first-order chi connectivity index (χ1) is 12.9. The van der Waals surface area contributed by atoms with Gasteiger partial charge in [0.25, 0.3) is 0 Å². The molecule has 2 aromatic rings. The lowest BCUT2D eigenvalue weighted by atomic mass is 9.99. The summed E-state index contributed by atoms with van der Waals surface area (Å²) < 4.78 is 12.6. The molecule has 1 N–H and O–H groups in total. The fourth-order valence-electron chi connectivity index (χ4n) is 3.69. The van der Waals surface area contributed by atoms with Crippen LogP contribution < -0.4 is 14.8 Å². The van der Waals surface area contributed by atoms with Gasteiger partial charge in [-0.1, -0.05) is 0 Å². The van der Waals surface area contributed by atoms with E-state index in [1.807, 2.05) is 39.2 Å². The van der Waals surface area contributed by atoms with E-state index in [1.165, 1.54) is 11.1 Å². The van der Waals surface area contributed by atoms with E-state index in [9.17, 15) is 4.79 Å². The maximum absolute atomic E-state index is 12.5. The fraction of sp³-hybridized carbons (Fsp3) is 0.500. The first-order valence-electron chi connectivity index (χ1n) is 9.17. The number of aromatic nitrogens is 2. The molecule has 1 amide bonds. The molecule has 146 valence electrons. The molecular formula is C20H28N4O3. The van der Waals surface area contributed by atoms with Crippen molar-refractivity contribution >= 4 is 5.91 Å². The van der Waals surface area contributed by atoms with Gasteiger partial charge in [-0.3, -0.25) is 14.4 Å². The van der Waals surface area contributed by atoms with Crippen molar-refractivity contribution in [2.75, 3.05) is 27.3 Å². The van der Waals surface area contributed by atoms with Crippen LogP contribution in [0.2, 0.25) is 0 Å². The zero-order valence-corrected chi connectivity index (χ0v) is 16.7. The summed E-state index contributed by atoms with van der Waals surface area (Å²) in [4.78, 5) is 14.7. The summed E-state index contributed by atoms with van der Waals surface area (Å²) in [7, 11) is 5.18. The average molecular weight is 372 g/mol. The minimum atomic E-state index is -0.0624. The second-order valence-corrected chi connectivity index (χ2v) is 7.07. The predicted octanol–water partition coefficient (Wildman–Crippen LogP) is 1.98. The standard InChI is InChI=1S/C20H28N4O3/c1-13(17-11-23(3)22-14(17)2)21-20(25)12-24-7-6-15-8-18(26-4)19(27-5)9-16(15)10-24/h8-9,11,13H,6-7,10,12H2,1-5H3,(H,21,25)/t13-/m0/s1. The van der Waals surface area contributed by atoms with E-state index in [4.69, 9.17) is 9.47 Å². The van der Waals surface area contributed by atoms with Crippen molar-refractivity contribution in [2.24, 2.45) is 7.05 Å². The van der Waals surface area contributed by atoms with Crippen molar-refractivity contribution in [2.45, 2.75) is 32.9 Å². The summed E-state index contributed by atoms with van der Waals surface area (Å²) >= 11 is 0. The minimum absolute atomic E-state index is 0.0229. The number of nitrogens with one attached hydrogen (secondary N) is 1. The zero-order chi connectivity index (χ0) is 19.6. The molecule has 0 fully saturated rings. The van der Waals surface area contributed by atoms with Crippen LogP contribution in [0.1, 0.15) is 35.3 Å². The van der Waals surface area contributed by atoms with Crippen LogP contribution in [0.15, 0.2) is 18.3 Å². The van der Waals surface area contributed by atoms with Gasteiger partial charge >= 0.3 is 0 Å². The molecule has 1 aromatic carbocycles. The van der Waals surface area contributed by atoms with Crippen molar-refractivity contribution in [3.8, 4) is 11.5 Å². The van der Waals surface area contributed by atoms with Crippen LogP contribution in [0, 0.1) is 6.92 Å². The Morgan fingerprint density at radius 2 is 1.93 bits per heavy atom. The topological polar surface area (TPSA) is 68.6 Å². The summed E-state index contributed by atoms with van der Waals surface area (Å²) in [6.07, 6.45) is 2.84. The Bertz CT molecular complexity index is 831. The molecule has 3 rings (SSSR count). The van der Waals surface area contributed by atoms with E-state index in [-0.39, 0.29) is 11.9 Å². The lowest BCUT2D eigenvalue weighted by Gasteiger charge is -2.29.